The summed E-state index contributed by atoms with van der Waals surface area (Å²) in [6, 6.07) is 15.5. The summed E-state index contributed by atoms with van der Waals surface area (Å²) < 4.78 is 1.41. The van der Waals surface area contributed by atoms with Gasteiger partial charge in [0.1, 0.15) is 11.3 Å². The van der Waals surface area contributed by atoms with Gasteiger partial charge in [-0.15, -0.1) is 0 Å². The molecule has 3 aromatic heterocycles. The molecule has 1 aliphatic carbocycles. The van der Waals surface area contributed by atoms with Gasteiger partial charge >= 0.3 is 0 Å². The molecule has 3 N–H and O–H groups in total. The van der Waals surface area contributed by atoms with E-state index in [1.807, 2.05) is 6.07 Å². The van der Waals surface area contributed by atoms with Crippen molar-refractivity contribution in [1.82, 2.24) is 25.0 Å². The predicted octanol–water partition coefficient (Wildman–Crippen LogP) is 3.53. The van der Waals surface area contributed by atoms with Gasteiger partial charge in [-0.2, -0.15) is 0 Å². The van der Waals surface area contributed by atoms with Crippen LogP contribution in [0.3, 0.4) is 0 Å². The lowest BCUT2D eigenvalue weighted by Crippen LogP contribution is -2.30. The van der Waals surface area contributed by atoms with Gasteiger partial charge in [-0.3, -0.25) is 14.0 Å². The van der Waals surface area contributed by atoms with Crippen molar-refractivity contribution < 1.29 is 4.79 Å². The Morgan fingerprint density at radius 1 is 1.06 bits per heavy atom. The molecule has 164 valence electrons. The standard InChI is InChI=1S/C25H27N5O2/c31-24-14-22(29-23-8-4-5-11-30(23)24)25(32)27-15-17-9-10-18-13-20(28-21(18)12-17)16-26-19-6-2-1-3-7-19/h4-5,8-14,19,26,28H,1-3,6-7,15-16H2,(H,27,32). The highest BCUT2D eigenvalue weighted by Crippen LogP contribution is 2.20. The summed E-state index contributed by atoms with van der Waals surface area (Å²) in [5.74, 6) is -0.364. The third-order valence-electron chi connectivity index (χ3n) is 6.19. The van der Waals surface area contributed by atoms with Crippen LogP contribution in [-0.4, -0.2) is 26.3 Å². The van der Waals surface area contributed by atoms with Gasteiger partial charge < -0.3 is 15.6 Å². The molecule has 1 fully saturated rings. The molecule has 1 aromatic carbocycles. The van der Waals surface area contributed by atoms with Crippen molar-refractivity contribution in [3.05, 3.63) is 82.0 Å². The minimum atomic E-state index is -0.364. The van der Waals surface area contributed by atoms with E-state index in [1.165, 1.54) is 48.3 Å². The molecule has 0 atom stereocenters. The topological polar surface area (TPSA) is 91.3 Å². The lowest BCUT2D eigenvalue weighted by Gasteiger charge is -2.22. The minimum absolute atomic E-state index is 0.123. The summed E-state index contributed by atoms with van der Waals surface area (Å²) >= 11 is 0. The third-order valence-corrected chi connectivity index (χ3v) is 6.19. The second-order valence-electron chi connectivity index (χ2n) is 8.52. The Labute approximate surface area is 185 Å². The van der Waals surface area contributed by atoms with Crippen molar-refractivity contribution >= 4 is 22.5 Å². The molecule has 7 heteroatoms. The lowest BCUT2D eigenvalue weighted by atomic mass is 9.95. The SMILES string of the molecule is O=C(NCc1ccc2cc(CNC3CCCCC3)[nH]c2c1)c1cc(=O)n2ccccc2n1. The number of benzene rings is 1. The van der Waals surface area contributed by atoms with E-state index >= 15 is 0 Å². The fourth-order valence-electron chi connectivity index (χ4n) is 4.44. The molecule has 1 aliphatic rings. The minimum Gasteiger partial charge on any atom is -0.357 e. The van der Waals surface area contributed by atoms with E-state index in [0.29, 0.717) is 18.2 Å². The van der Waals surface area contributed by atoms with Crippen molar-refractivity contribution in [2.45, 2.75) is 51.2 Å². The highest BCUT2D eigenvalue weighted by molar-refractivity contribution is 5.92. The van der Waals surface area contributed by atoms with Crippen LogP contribution in [0.25, 0.3) is 16.6 Å². The van der Waals surface area contributed by atoms with E-state index in [9.17, 15) is 9.59 Å². The van der Waals surface area contributed by atoms with Gasteiger partial charge in [0.15, 0.2) is 0 Å². The highest BCUT2D eigenvalue weighted by Gasteiger charge is 2.13. The van der Waals surface area contributed by atoms with Crippen LogP contribution in [0.5, 0.6) is 0 Å². The predicted molar refractivity (Wildman–Crippen MR) is 125 cm³/mol. The number of hydrogen-bond donors (Lipinski definition) is 3. The van der Waals surface area contributed by atoms with Gasteiger partial charge in [-0.1, -0.05) is 37.5 Å². The smallest absolute Gasteiger partial charge is 0.270 e. The molecule has 0 bridgehead atoms. The molecular weight excluding hydrogens is 402 g/mol. The molecule has 0 unspecified atom stereocenters. The van der Waals surface area contributed by atoms with Crippen molar-refractivity contribution in [2.24, 2.45) is 0 Å². The normalized spacial score (nSPS) is 14.8. The molecule has 4 aromatic rings. The first-order valence-electron chi connectivity index (χ1n) is 11.3. The Hall–Kier alpha value is -3.45. The highest BCUT2D eigenvalue weighted by atomic mass is 16.2. The number of carbonyl (C=O) groups is 1. The number of nitrogens with one attached hydrogen (secondary N) is 3. The maximum Gasteiger partial charge on any atom is 0.270 e. The Morgan fingerprint density at radius 3 is 2.81 bits per heavy atom. The summed E-state index contributed by atoms with van der Waals surface area (Å²) in [6.07, 6.45) is 8.17. The van der Waals surface area contributed by atoms with E-state index in [1.54, 1.807) is 24.4 Å². The zero-order chi connectivity index (χ0) is 21.9. The van der Waals surface area contributed by atoms with Gasteiger partial charge in [-0.25, -0.2) is 4.98 Å². The van der Waals surface area contributed by atoms with Crippen molar-refractivity contribution in [1.29, 1.82) is 0 Å². The Kier molecular flexibility index (Phi) is 5.73. The van der Waals surface area contributed by atoms with E-state index in [2.05, 4.69) is 38.8 Å². The Bertz CT molecular complexity index is 1320. The first-order valence-corrected chi connectivity index (χ1v) is 11.3. The van der Waals surface area contributed by atoms with Crippen LogP contribution in [0.15, 0.2) is 59.5 Å². The van der Waals surface area contributed by atoms with Gasteiger partial charge in [0.2, 0.25) is 0 Å². The van der Waals surface area contributed by atoms with Crippen LogP contribution in [0.1, 0.15) is 53.8 Å². The molecule has 7 nitrogen and oxygen atoms in total. The number of H-pyrrole nitrogens is 1. The number of rotatable bonds is 6. The Balaban J connectivity index is 1.24. The molecule has 1 amide bonds. The lowest BCUT2D eigenvalue weighted by molar-refractivity contribution is 0.0946. The van der Waals surface area contributed by atoms with Crippen LogP contribution in [0.4, 0.5) is 0 Å². The van der Waals surface area contributed by atoms with Crippen LogP contribution < -0.4 is 16.2 Å². The Morgan fingerprint density at radius 2 is 1.94 bits per heavy atom. The monoisotopic (exact) mass is 429 g/mol. The number of aromatic nitrogens is 3. The molecule has 5 rings (SSSR count). The fraction of sp³-hybridized carbons (Fsp3) is 0.320. The average molecular weight is 430 g/mol. The maximum absolute atomic E-state index is 12.6. The van der Waals surface area contributed by atoms with Crippen molar-refractivity contribution in [2.75, 3.05) is 0 Å². The summed E-state index contributed by atoms with van der Waals surface area (Å²) in [7, 11) is 0. The van der Waals surface area contributed by atoms with Gasteiger partial charge in [0, 0.05) is 42.6 Å². The van der Waals surface area contributed by atoms with E-state index in [-0.39, 0.29) is 17.2 Å². The molecule has 0 spiro atoms. The number of pyridine rings is 1. The number of hydrogen-bond acceptors (Lipinski definition) is 4. The first-order chi connectivity index (χ1) is 15.7. The second kappa shape index (κ2) is 8.96. The molecule has 3 heterocycles. The van der Waals surface area contributed by atoms with Crippen LogP contribution in [0.2, 0.25) is 0 Å². The van der Waals surface area contributed by atoms with E-state index < -0.39 is 0 Å². The van der Waals surface area contributed by atoms with Crippen LogP contribution in [0, 0.1) is 0 Å². The number of nitrogens with zero attached hydrogens (tertiary/aromatic N) is 2. The summed E-state index contributed by atoms with van der Waals surface area (Å²) in [5, 5.41) is 7.69. The van der Waals surface area contributed by atoms with Gasteiger partial charge in [0.25, 0.3) is 11.5 Å². The maximum atomic E-state index is 12.6. The molecule has 0 radical (unpaired) electrons. The molecular formula is C25H27N5O2. The zero-order valence-electron chi connectivity index (χ0n) is 17.9. The summed E-state index contributed by atoms with van der Waals surface area (Å²) in [4.78, 5) is 32.6. The second-order valence-corrected chi connectivity index (χ2v) is 8.52. The quantitative estimate of drug-likeness (QED) is 0.437. The van der Waals surface area contributed by atoms with Crippen LogP contribution >= 0.6 is 0 Å². The van der Waals surface area contributed by atoms with Crippen molar-refractivity contribution in [3.63, 3.8) is 0 Å². The molecule has 0 aliphatic heterocycles. The number of aromatic amines is 1. The zero-order valence-corrected chi connectivity index (χ0v) is 17.9. The average Bonchev–Trinajstić information content (AvgIpc) is 3.24. The van der Waals surface area contributed by atoms with Crippen LogP contribution in [-0.2, 0) is 13.1 Å². The third kappa shape index (κ3) is 4.43. The molecule has 0 saturated heterocycles. The van der Waals surface area contributed by atoms with Gasteiger partial charge in [0.05, 0.1) is 0 Å². The molecule has 32 heavy (non-hydrogen) atoms. The number of amides is 1. The van der Waals surface area contributed by atoms with Gasteiger partial charge in [-0.05, 0) is 48.1 Å². The van der Waals surface area contributed by atoms with E-state index in [0.717, 1.165) is 23.0 Å². The van der Waals surface area contributed by atoms with Crippen molar-refractivity contribution in [3.8, 4) is 0 Å². The fourth-order valence-corrected chi connectivity index (χ4v) is 4.44. The van der Waals surface area contributed by atoms with E-state index in [4.69, 9.17) is 0 Å². The molecule has 1 saturated carbocycles. The number of carbonyl (C=O) groups excluding carboxylic acids is 1. The number of fused-ring (bicyclic) bond motifs is 2. The summed E-state index contributed by atoms with van der Waals surface area (Å²) in [6.45, 7) is 1.20. The largest absolute Gasteiger partial charge is 0.357 e. The summed E-state index contributed by atoms with van der Waals surface area (Å²) in [5.41, 5.74) is 3.51. The first kappa shape index (κ1) is 20.5.